The van der Waals surface area contributed by atoms with E-state index < -0.39 is 0 Å². The van der Waals surface area contributed by atoms with Gasteiger partial charge in [0.1, 0.15) is 19.0 Å². The van der Waals surface area contributed by atoms with Crippen LogP contribution < -0.4 is 20.1 Å². The Labute approximate surface area is 174 Å². The van der Waals surface area contributed by atoms with Crippen LogP contribution in [-0.2, 0) is 6.42 Å². The zero-order valence-corrected chi connectivity index (χ0v) is 16.5. The first-order valence-corrected chi connectivity index (χ1v) is 10.1. The molecule has 0 spiro atoms. The second kappa shape index (κ2) is 8.29. The largest absolute Gasteiger partial charge is 0.486 e. The van der Waals surface area contributed by atoms with E-state index >= 15 is 0 Å². The van der Waals surface area contributed by atoms with Crippen LogP contribution in [0.4, 0.5) is 17.5 Å². The summed E-state index contributed by atoms with van der Waals surface area (Å²) >= 11 is 0. The highest BCUT2D eigenvalue weighted by atomic mass is 16.6. The Kier molecular flexibility index (Phi) is 5.04. The Morgan fingerprint density at radius 1 is 0.800 bits per heavy atom. The van der Waals surface area contributed by atoms with Gasteiger partial charge in [-0.3, -0.25) is 0 Å². The van der Waals surface area contributed by atoms with E-state index in [2.05, 4.69) is 39.9 Å². The molecule has 2 heterocycles. The minimum Gasteiger partial charge on any atom is -0.486 e. The van der Waals surface area contributed by atoms with E-state index in [0.29, 0.717) is 19.2 Å². The highest BCUT2D eigenvalue weighted by Gasteiger charge is 2.13. The molecule has 0 fully saturated rings. The van der Waals surface area contributed by atoms with E-state index in [4.69, 9.17) is 14.5 Å². The molecule has 1 aliphatic heterocycles. The quantitative estimate of drug-likeness (QED) is 0.486. The second-order valence-electron chi connectivity index (χ2n) is 7.06. The van der Waals surface area contributed by atoms with Crippen LogP contribution in [-0.4, -0.2) is 29.7 Å². The molecule has 0 atom stereocenters. The Balaban J connectivity index is 1.39. The molecule has 3 aromatic carbocycles. The fraction of sp³-hybridized carbons (Fsp3) is 0.167. The molecule has 4 aromatic rings. The van der Waals surface area contributed by atoms with Crippen LogP contribution in [0, 0.1) is 0 Å². The topological polar surface area (TPSA) is 68.3 Å². The van der Waals surface area contributed by atoms with E-state index in [-0.39, 0.29) is 0 Å². The predicted molar refractivity (Wildman–Crippen MR) is 119 cm³/mol. The van der Waals surface area contributed by atoms with Crippen LogP contribution in [0.1, 0.15) is 5.56 Å². The van der Waals surface area contributed by atoms with Crippen LogP contribution >= 0.6 is 0 Å². The van der Waals surface area contributed by atoms with Crippen molar-refractivity contribution in [1.82, 2.24) is 9.97 Å². The summed E-state index contributed by atoms with van der Waals surface area (Å²) in [4.78, 5) is 9.41. The van der Waals surface area contributed by atoms with Crippen LogP contribution in [0.25, 0.3) is 10.9 Å². The first-order chi connectivity index (χ1) is 14.8. The van der Waals surface area contributed by atoms with Crippen molar-refractivity contribution >= 4 is 28.4 Å². The van der Waals surface area contributed by atoms with Gasteiger partial charge in [-0.25, -0.2) is 4.98 Å². The summed E-state index contributed by atoms with van der Waals surface area (Å²) in [6.07, 6.45) is 0.921. The lowest BCUT2D eigenvalue weighted by atomic mass is 10.1. The first kappa shape index (κ1) is 18.2. The number of nitrogens with one attached hydrogen (secondary N) is 2. The fourth-order valence-corrected chi connectivity index (χ4v) is 3.49. The summed E-state index contributed by atoms with van der Waals surface area (Å²) < 4.78 is 11.3. The standard InChI is InChI=1S/C24H22N4O2/c1-2-6-17(7-3-1)12-13-25-23-19-8-4-5-9-20(19)27-24(28-23)26-18-10-11-21-22(16-18)30-15-14-29-21/h1-11,16H,12-15H2,(H2,25,26,27,28). The molecule has 5 rings (SSSR count). The molecular weight excluding hydrogens is 376 g/mol. The Morgan fingerprint density at radius 2 is 1.60 bits per heavy atom. The lowest BCUT2D eigenvalue weighted by Gasteiger charge is -2.19. The van der Waals surface area contributed by atoms with Gasteiger partial charge in [-0.05, 0) is 36.2 Å². The lowest BCUT2D eigenvalue weighted by Crippen LogP contribution is -2.15. The first-order valence-electron chi connectivity index (χ1n) is 10.1. The van der Waals surface area contributed by atoms with Crippen molar-refractivity contribution in [2.24, 2.45) is 0 Å². The number of nitrogens with zero attached hydrogens (tertiary/aromatic N) is 2. The van der Waals surface area contributed by atoms with Gasteiger partial charge in [-0.1, -0.05) is 42.5 Å². The monoisotopic (exact) mass is 398 g/mol. The van der Waals surface area contributed by atoms with Gasteiger partial charge in [0.15, 0.2) is 11.5 Å². The van der Waals surface area contributed by atoms with Gasteiger partial charge in [0, 0.05) is 23.7 Å². The number of ether oxygens (including phenoxy) is 2. The fourth-order valence-electron chi connectivity index (χ4n) is 3.49. The average molecular weight is 398 g/mol. The van der Waals surface area contributed by atoms with Crippen molar-refractivity contribution in [2.45, 2.75) is 6.42 Å². The minimum absolute atomic E-state index is 0.535. The lowest BCUT2D eigenvalue weighted by molar-refractivity contribution is 0.171. The summed E-state index contributed by atoms with van der Waals surface area (Å²) in [6.45, 7) is 1.92. The highest BCUT2D eigenvalue weighted by molar-refractivity contribution is 5.90. The van der Waals surface area contributed by atoms with Crippen LogP contribution in [0.2, 0.25) is 0 Å². The van der Waals surface area contributed by atoms with Crippen LogP contribution in [0.3, 0.4) is 0 Å². The highest BCUT2D eigenvalue weighted by Crippen LogP contribution is 2.33. The van der Waals surface area contributed by atoms with Crippen LogP contribution in [0.5, 0.6) is 11.5 Å². The van der Waals surface area contributed by atoms with Crippen molar-refractivity contribution in [1.29, 1.82) is 0 Å². The number of rotatable bonds is 6. The summed E-state index contributed by atoms with van der Waals surface area (Å²) in [7, 11) is 0. The summed E-state index contributed by atoms with van der Waals surface area (Å²) in [5, 5.41) is 7.77. The third-order valence-corrected chi connectivity index (χ3v) is 4.95. The molecule has 0 bridgehead atoms. The molecule has 1 aromatic heterocycles. The number of hydrogen-bond acceptors (Lipinski definition) is 6. The molecule has 0 amide bonds. The van der Waals surface area contributed by atoms with Crippen LogP contribution in [0.15, 0.2) is 72.8 Å². The third-order valence-electron chi connectivity index (χ3n) is 4.95. The molecular formula is C24H22N4O2. The number of aromatic nitrogens is 2. The van der Waals surface area contributed by atoms with Gasteiger partial charge in [0.25, 0.3) is 0 Å². The van der Waals surface area contributed by atoms with Crippen molar-refractivity contribution in [3.05, 3.63) is 78.4 Å². The maximum absolute atomic E-state index is 5.67. The summed E-state index contributed by atoms with van der Waals surface area (Å²) in [5.41, 5.74) is 3.03. The van der Waals surface area contributed by atoms with Gasteiger partial charge in [-0.2, -0.15) is 4.98 Å². The average Bonchev–Trinajstić information content (AvgIpc) is 2.80. The van der Waals surface area contributed by atoms with Gasteiger partial charge in [0.2, 0.25) is 5.95 Å². The zero-order valence-electron chi connectivity index (χ0n) is 16.5. The molecule has 0 saturated heterocycles. The van der Waals surface area contributed by atoms with Crippen molar-refractivity contribution in [3.63, 3.8) is 0 Å². The van der Waals surface area contributed by atoms with Gasteiger partial charge in [-0.15, -0.1) is 0 Å². The number of anilines is 3. The number of benzene rings is 3. The van der Waals surface area contributed by atoms with Gasteiger partial charge >= 0.3 is 0 Å². The van der Waals surface area contributed by atoms with Crippen molar-refractivity contribution < 1.29 is 9.47 Å². The zero-order chi connectivity index (χ0) is 20.2. The molecule has 6 nitrogen and oxygen atoms in total. The third kappa shape index (κ3) is 3.98. The minimum atomic E-state index is 0.535. The molecule has 0 aliphatic carbocycles. The van der Waals surface area contributed by atoms with Gasteiger partial charge < -0.3 is 20.1 Å². The van der Waals surface area contributed by atoms with E-state index in [1.54, 1.807) is 0 Å². The van der Waals surface area contributed by atoms with Crippen molar-refractivity contribution in [2.75, 3.05) is 30.4 Å². The molecule has 150 valence electrons. The molecule has 0 unspecified atom stereocenters. The molecule has 1 aliphatic rings. The van der Waals surface area contributed by atoms with E-state index in [0.717, 1.165) is 46.9 Å². The Bertz CT molecular complexity index is 1160. The number of para-hydroxylation sites is 1. The van der Waals surface area contributed by atoms with E-state index in [1.807, 2.05) is 48.5 Å². The normalized spacial score (nSPS) is 12.5. The molecule has 2 N–H and O–H groups in total. The molecule has 0 saturated carbocycles. The maximum atomic E-state index is 5.67. The SMILES string of the molecule is c1ccc(CCNc2nc(Nc3ccc4c(c3)OCCO4)nc3ccccc23)cc1. The van der Waals surface area contributed by atoms with E-state index in [1.165, 1.54) is 5.56 Å². The number of fused-ring (bicyclic) bond motifs is 2. The maximum Gasteiger partial charge on any atom is 0.229 e. The van der Waals surface area contributed by atoms with Gasteiger partial charge in [0.05, 0.1) is 5.52 Å². The smallest absolute Gasteiger partial charge is 0.229 e. The number of hydrogen-bond donors (Lipinski definition) is 2. The molecule has 6 heteroatoms. The molecule has 30 heavy (non-hydrogen) atoms. The van der Waals surface area contributed by atoms with E-state index in [9.17, 15) is 0 Å². The second-order valence-corrected chi connectivity index (χ2v) is 7.06. The summed E-state index contributed by atoms with van der Waals surface area (Å²) in [5.74, 6) is 2.84. The summed E-state index contributed by atoms with van der Waals surface area (Å²) in [6, 6.07) is 24.2. The molecule has 0 radical (unpaired) electrons. The predicted octanol–water partition coefficient (Wildman–Crippen LogP) is 4.80. The Morgan fingerprint density at radius 3 is 2.50 bits per heavy atom. The Hall–Kier alpha value is -3.80. The van der Waals surface area contributed by atoms with Crippen molar-refractivity contribution in [3.8, 4) is 11.5 Å².